The molecule has 124 valence electrons. The molecule has 1 amide bonds. The fraction of sp³-hybridized carbons (Fsp3) is 0.400. The van der Waals surface area contributed by atoms with Crippen LogP contribution in [0.2, 0.25) is 5.02 Å². The molecule has 5 nitrogen and oxygen atoms in total. The van der Waals surface area contributed by atoms with E-state index in [-0.39, 0.29) is 22.7 Å². The van der Waals surface area contributed by atoms with E-state index in [9.17, 15) is 9.18 Å². The fourth-order valence-corrected chi connectivity index (χ4v) is 3.10. The molecule has 0 bridgehead atoms. The van der Waals surface area contributed by atoms with Crippen LogP contribution in [0.5, 0.6) is 0 Å². The first-order valence-electron chi connectivity index (χ1n) is 7.01. The number of aryl methyl sites for hydroxylation is 1. The SMILES string of the molecule is Cc1nnc(SC(C)c2ccc(F)c(Cl)c2)n1CC(=O)N(C)C. The van der Waals surface area contributed by atoms with Crippen molar-refractivity contribution in [2.45, 2.75) is 30.8 Å². The molecule has 0 N–H and O–H groups in total. The van der Waals surface area contributed by atoms with Gasteiger partial charge in [0.25, 0.3) is 0 Å². The largest absolute Gasteiger partial charge is 0.347 e. The van der Waals surface area contributed by atoms with E-state index in [1.807, 2.05) is 6.92 Å². The lowest BCUT2D eigenvalue weighted by Crippen LogP contribution is -2.27. The molecule has 0 aliphatic carbocycles. The number of carbonyl (C=O) groups is 1. The lowest BCUT2D eigenvalue weighted by atomic mass is 10.2. The maximum absolute atomic E-state index is 13.3. The molecule has 1 heterocycles. The first-order chi connectivity index (χ1) is 10.8. The zero-order valence-corrected chi connectivity index (χ0v) is 15.0. The van der Waals surface area contributed by atoms with Crippen molar-refractivity contribution in [1.29, 1.82) is 0 Å². The smallest absolute Gasteiger partial charge is 0.242 e. The van der Waals surface area contributed by atoms with Crippen LogP contribution in [0.15, 0.2) is 23.4 Å². The summed E-state index contributed by atoms with van der Waals surface area (Å²) in [6.07, 6.45) is 0. The van der Waals surface area contributed by atoms with Gasteiger partial charge in [-0.2, -0.15) is 0 Å². The van der Waals surface area contributed by atoms with Crippen molar-refractivity contribution in [2.24, 2.45) is 0 Å². The zero-order chi connectivity index (χ0) is 17.1. The number of rotatable bonds is 5. The Kier molecular flexibility index (Phi) is 5.64. The number of amides is 1. The molecular weight excluding hydrogens is 339 g/mol. The molecule has 23 heavy (non-hydrogen) atoms. The highest BCUT2D eigenvalue weighted by Gasteiger charge is 2.18. The first-order valence-corrected chi connectivity index (χ1v) is 8.27. The van der Waals surface area contributed by atoms with Crippen LogP contribution < -0.4 is 0 Å². The predicted molar refractivity (Wildman–Crippen MR) is 89.1 cm³/mol. The number of halogens is 2. The summed E-state index contributed by atoms with van der Waals surface area (Å²) in [7, 11) is 3.41. The van der Waals surface area contributed by atoms with Crippen molar-refractivity contribution in [3.05, 3.63) is 40.4 Å². The lowest BCUT2D eigenvalue weighted by molar-refractivity contribution is -0.129. The molecule has 0 aliphatic heterocycles. The van der Waals surface area contributed by atoms with Crippen LogP contribution in [0, 0.1) is 12.7 Å². The number of hydrogen-bond donors (Lipinski definition) is 0. The Bertz CT molecular complexity index is 719. The van der Waals surface area contributed by atoms with Gasteiger partial charge in [-0.15, -0.1) is 10.2 Å². The molecule has 1 aromatic heterocycles. The van der Waals surface area contributed by atoms with Crippen LogP contribution in [-0.4, -0.2) is 39.7 Å². The molecule has 8 heteroatoms. The number of aromatic nitrogens is 3. The molecular formula is C15H18ClFN4OS. The van der Waals surface area contributed by atoms with E-state index in [1.54, 1.807) is 37.7 Å². The van der Waals surface area contributed by atoms with E-state index in [4.69, 9.17) is 11.6 Å². The van der Waals surface area contributed by atoms with Crippen LogP contribution in [0.3, 0.4) is 0 Å². The minimum atomic E-state index is -0.441. The summed E-state index contributed by atoms with van der Waals surface area (Å²) in [5.41, 5.74) is 0.882. The number of thioether (sulfide) groups is 1. The normalized spacial score (nSPS) is 12.3. The second kappa shape index (κ2) is 7.31. The third-order valence-corrected chi connectivity index (χ3v) is 4.82. The summed E-state index contributed by atoms with van der Waals surface area (Å²) in [6.45, 7) is 3.96. The van der Waals surface area contributed by atoms with Crippen molar-refractivity contribution >= 4 is 29.3 Å². The highest BCUT2D eigenvalue weighted by Crippen LogP contribution is 2.35. The van der Waals surface area contributed by atoms with Crippen molar-refractivity contribution in [1.82, 2.24) is 19.7 Å². The van der Waals surface area contributed by atoms with Crippen LogP contribution in [0.1, 0.15) is 23.6 Å². The number of carbonyl (C=O) groups excluding carboxylic acids is 1. The van der Waals surface area contributed by atoms with Gasteiger partial charge in [0.05, 0.1) is 5.02 Å². The van der Waals surface area contributed by atoms with Crippen LogP contribution in [-0.2, 0) is 11.3 Å². The second-order valence-electron chi connectivity index (χ2n) is 5.34. The molecule has 1 unspecified atom stereocenters. The van der Waals surface area contributed by atoms with E-state index in [0.717, 1.165) is 5.56 Å². The van der Waals surface area contributed by atoms with Gasteiger partial charge in [0.15, 0.2) is 5.16 Å². The lowest BCUT2D eigenvalue weighted by Gasteiger charge is -2.15. The molecule has 0 aliphatic rings. The zero-order valence-electron chi connectivity index (χ0n) is 13.4. The highest BCUT2D eigenvalue weighted by atomic mass is 35.5. The van der Waals surface area contributed by atoms with Gasteiger partial charge in [-0.3, -0.25) is 9.36 Å². The summed E-state index contributed by atoms with van der Waals surface area (Å²) in [5.74, 6) is 0.197. The van der Waals surface area contributed by atoms with Crippen molar-refractivity contribution in [3.8, 4) is 0 Å². The summed E-state index contributed by atoms with van der Waals surface area (Å²) in [4.78, 5) is 13.5. The Morgan fingerprint density at radius 2 is 2.13 bits per heavy atom. The maximum Gasteiger partial charge on any atom is 0.242 e. The standard InChI is InChI=1S/C15H18ClFN4OS/c1-9(11-5-6-13(17)12(16)7-11)23-15-19-18-10(2)21(15)8-14(22)20(3)4/h5-7,9H,8H2,1-4H3. The number of hydrogen-bond acceptors (Lipinski definition) is 4. The molecule has 0 saturated heterocycles. The van der Waals surface area contributed by atoms with Crippen LogP contribution in [0.4, 0.5) is 4.39 Å². The van der Waals surface area contributed by atoms with Gasteiger partial charge in [0, 0.05) is 19.3 Å². The van der Waals surface area contributed by atoms with Crippen molar-refractivity contribution < 1.29 is 9.18 Å². The monoisotopic (exact) mass is 356 g/mol. The number of likely N-dealkylation sites (N-methyl/N-ethyl adjacent to an activating group) is 1. The average molecular weight is 357 g/mol. The third-order valence-electron chi connectivity index (χ3n) is 3.39. The summed E-state index contributed by atoms with van der Waals surface area (Å²) >= 11 is 7.28. The Labute approximate surface area is 143 Å². The average Bonchev–Trinajstić information content (AvgIpc) is 2.82. The minimum Gasteiger partial charge on any atom is -0.347 e. The van der Waals surface area contributed by atoms with E-state index in [0.29, 0.717) is 11.0 Å². The molecule has 0 fully saturated rings. The number of benzene rings is 1. The van der Waals surface area contributed by atoms with Crippen LogP contribution >= 0.6 is 23.4 Å². The quantitative estimate of drug-likeness (QED) is 0.771. The van der Waals surface area contributed by atoms with Crippen LogP contribution in [0.25, 0.3) is 0 Å². The molecule has 0 radical (unpaired) electrons. The van der Waals surface area contributed by atoms with Gasteiger partial charge in [0.2, 0.25) is 5.91 Å². The minimum absolute atomic E-state index is 0.00934. The topological polar surface area (TPSA) is 51.0 Å². The first kappa shape index (κ1) is 17.7. The number of nitrogens with zero attached hydrogens (tertiary/aromatic N) is 4. The van der Waals surface area contributed by atoms with E-state index < -0.39 is 5.82 Å². The van der Waals surface area contributed by atoms with Crippen molar-refractivity contribution in [2.75, 3.05) is 14.1 Å². The third kappa shape index (κ3) is 4.23. The summed E-state index contributed by atoms with van der Waals surface area (Å²) in [6, 6.07) is 4.64. The molecule has 0 spiro atoms. The maximum atomic E-state index is 13.3. The Morgan fingerprint density at radius 1 is 1.43 bits per heavy atom. The molecule has 2 aromatic rings. The Morgan fingerprint density at radius 3 is 2.74 bits per heavy atom. The molecule has 2 rings (SSSR count). The van der Waals surface area contributed by atoms with E-state index >= 15 is 0 Å². The molecule has 1 aromatic carbocycles. The highest BCUT2D eigenvalue weighted by molar-refractivity contribution is 7.99. The Hall–Kier alpha value is -1.60. The predicted octanol–water partition coefficient (Wildman–Crippen LogP) is 3.32. The van der Waals surface area contributed by atoms with Gasteiger partial charge in [-0.1, -0.05) is 29.4 Å². The van der Waals surface area contributed by atoms with Gasteiger partial charge in [0.1, 0.15) is 18.2 Å². The van der Waals surface area contributed by atoms with Crippen molar-refractivity contribution in [3.63, 3.8) is 0 Å². The fourth-order valence-electron chi connectivity index (χ4n) is 1.90. The molecule has 0 saturated carbocycles. The van der Waals surface area contributed by atoms with Gasteiger partial charge >= 0.3 is 0 Å². The molecule has 1 atom stereocenters. The Balaban J connectivity index is 2.19. The summed E-state index contributed by atoms with van der Waals surface area (Å²) in [5, 5.41) is 8.90. The summed E-state index contributed by atoms with van der Waals surface area (Å²) < 4.78 is 15.0. The van der Waals surface area contributed by atoms with E-state index in [2.05, 4.69) is 10.2 Å². The van der Waals surface area contributed by atoms with Gasteiger partial charge in [-0.05, 0) is 31.5 Å². The van der Waals surface area contributed by atoms with Gasteiger partial charge in [-0.25, -0.2) is 4.39 Å². The van der Waals surface area contributed by atoms with E-state index in [1.165, 1.54) is 22.7 Å². The second-order valence-corrected chi connectivity index (χ2v) is 7.05. The van der Waals surface area contributed by atoms with Gasteiger partial charge < -0.3 is 4.90 Å².